The van der Waals surface area contributed by atoms with Crippen LogP contribution in [0.4, 0.5) is 17.6 Å². The minimum atomic E-state index is -3.37. The molecule has 0 bridgehead atoms. The summed E-state index contributed by atoms with van der Waals surface area (Å²) in [6, 6.07) is 7.39. The molecule has 1 N–H and O–H groups in total. The third-order valence-corrected chi connectivity index (χ3v) is 5.89. The lowest BCUT2D eigenvalue weighted by Crippen LogP contribution is -2.37. The zero-order valence-electron chi connectivity index (χ0n) is 18.8. The second-order valence-electron chi connectivity index (χ2n) is 7.99. The van der Waals surface area contributed by atoms with Crippen molar-refractivity contribution in [2.45, 2.75) is 32.2 Å². The van der Waals surface area contributed by atoms with Gasteiger partial charge in [-0.2, -0.15) is 17.6 Å². The Hall–Kier alpha value is -3.51. The fraction of sp³-hybridized carbons (Fsp3) is 0.333. The van der Waals surface area contributed by atoms with Crippen LogP contribution in [-0.2, 0) is 9.53 Å². The number of hydrogen-bond donors (Lipinski definition) is 1. The molecule has 0 atom stereocenters. The maximum absolute atomic E-state index is 13.0. The summed E-state index contributed by atoms with van der Waals surface area (Å²) in [7, 11) is 0. The number of benzene rings is 2. The van der Waals surface area contributed by atoms with Crippen LogP contribution in [0.5, 0.6) is 17.2 Å². The van der Waals surface area contributed by atoms with Crippen molar-refractivity contribution >= 4 is 28.5 Å². The van der Waals surface area contributed by atoms with Crippen molar-refractivity contribution in [3.63, 3.8) is 0 Å². The minimum absolute atomic E-state index is 0.00423. The predicted molar refractivity (Wildman–Crippen MR) is 122 cm³/mol. The zero-order chi connectivity index (χ0) is 26.7. The largest absolute Gasteiger partial charge is 0.490 e. The Morgan fingerprint density at radius 2 is 1.70 bits per heavy atom. The average molecular weight is 547 g/mol. The third-order valence-electron chi connectivity index (χ3n) is 5.59. The summed E-state index contributed by atoms with van der Waals surface area (Å²) < 4.78 is 77.5. The average Bonchev–Trinajstić information content (AvgIpc) is 2.78. The van der Waals surface area contributed by atoms with Crippen LogP contribution in [0.2, 0.25) is 5.02 Å². The highest BCUT2D eigenvalue weighted by Crippen LogP contribution is 2.42. The molecule has 1 fully saturated rings. The lowest BCUT2D eigenvalue weighted by molar-refractivity contribution is -0.151. The maximum Gasteiger partial charge on any atom is 0.387 e. The summed E-state index contributed by atoms with van der Waals surface area (Å²) in [5, 5.41) is 9.20. The number of carbonyl (C=O) groups is 1. The molecule has 13 heteroatoms. The van der Waals surface area contributed by atoms with Crippen LogP contribution < -0.4 is 19.6 Å². The number of fused-ring (bicyclic) bond motifs is 1. The molecular weight excluding hydrogens is 528 g/mol. The molecule has 3 aromatic rings. The van der Waals surface area contributed by atoms with Crippen LogP contribution in [0.3, 0.4) is 0 Å². The van der Waals surface area contributed by atoms with E-state index in [1.165, 1.54) is 12.1 Å². The Labute approximate surface area is 211 Å². The topological polar surface area (TPSA) is 104 Å². The van der Waals surface area contributed by atoms with Gasteiger partial charge in [0, 0.05) is 12.1 Å². The van der Waals surface area contributed by atoms with E-state index in [0.29, 0.717) is 12.8 Å². The summed E-state index contributed by atoms with van der Waals surface area (Å²) in [4.78, 5) is 23.6. The quantitative estimate of drug-likeness (QED) is 0.246. The lowest BCUT2D eigenvalue weighted by Gasteiger charge is -2.32. The molecule has 4 rings (SSSR count). The van der Waals surface area contributed by atoms with E-state index in [1.54, 1.807) is 6.07 Å². The summed E-state index contributed by atoms with van der Waals surface area (Å²) in [5.41, 5.74) is -0.566. The highest BCUT2D eigenvalue weighted by atomic mass is 35.5. The highest BCUT2D eigenvalue weighted by molar-refractivity contribution is 6.34. The Bertz CT molecular complexity index is 1340. The van der Waals surface area contributed by atoms with Crippen molar-refractivity contribution in [3.05, 3.63) is 51.6 Å². The van der Waals surface area contributed by atoms with E-state index in [9.17, 15) is 27.2 Å². The molecule has 1 aliphatic rings. The summed E-state index contributed by atoms with van der Waals surface area (Å²) in [6.07, 6.45) is 0.412. The maximum atomic E-state index is 13.0. The molecule has 0 spiro atoms. The SMILES string of the molecule is O=c1cc(-c2cc(OC(F)F)c(OC(F)F)cc2OCCO[C@H]2C[C@@H](C(=O)O)C2)oc2c(Cl)cccc12. The Kier molecular flexibility index (Phi) is 8.08. The van der Waals surface area contributed by atoms with Gasteiger partial charge in [0.1, 0.15) is 18.1 Å². The number of carboxylic acid groups (broad SMARTS) is 1. The van der Waals surface area contributed by atoms with Crippen LogP contribution in [0.25, 0.3) is 22.3 Å². The molecule has 8 nitrogen and oxygen atoms in total. The van der Waals surface area contributed by atoms with Gasteiger partial charge in [-0.1, -0.05) is 17.7 Å². The standard InChI is InChI=1S/C24H19ClF4O8/c25-15-3-1-2-13-16(30)9-18(35-21(13)15)14-8-19(36-23(26)27)20(37-24(28)29)10-17(14)34-5-4-33-12-6-11(7-12)22(31)32/h1-3,8-12,23-24H,4-7H2,(H,31,32)/t11-,12+. The highest BCUT2D eigenvalue weighted by Gasteiger charge is 2.35. The number of alkyl halides is 4. The molecule has 37 heavy (non-hydrogen) atoms. The zero-order valence-corrected chi connectivity index (χ0v) is 19.6. The molecule has 0 saturated heterocycles. The van der Waals surface area contributed by atoms with E-state index in [4.69, 9.17) is 30.6 Å². The molecule has 0 radical (unpaired) electrons. The van der Waals surface area contributed by atoms with E-state index in [0.717, 1.165) is 18.2 Å². The Balaban J connectivity index is 1.66. The molecule has 0 aliphatic heterocycles. The molecule has 1 heterocycles. The Morgan fingerprint density at radius 1 is 1.03 bits per heavy atom. The van der Waals surface area contributed by atoms with Crippen LogP contribution in [0.1, 0.15) is 12.8 Å². The number of aliphatic carboxylic acids is 1. The number of ether oxygens (including phenoxy) is 4. The molecule has 198 valence electrons. The van der Waals surface area contributed by atoms with Crippen molar-refractivity contribution in [1.82, 2.24) is 0 Å². The van der Waals surface area contributed by atoms with Crippen LogP contribution in [-0.4, -0.2) is 43.6 Å². The first-order valence-corrected chi connectivity index (χ1v) is 11.3. The Morgan fingerprint density at radius 3 is 2.35 bits per heavy atom. The van der Waals surface area contributed by atoms with E-state index in [1.807, 2.05) is 0 Å². The van der Waals surface area contributed by atoms with Gasteiger partial charge in [-0.15, -0.1) is 0 Å². The van der Waals surface area contributed by atoms with Gasteiger partial charge in [-0.25, -0.2) is 0 Å². The summed E-state index contributed by atoms with van der Waals surface area (Å²) >= 11 is 6.15. The normalized spacial score (nSPS) is 17.2. The summed E-state index contributed by atoms with van der Waals surface area (Å²) in [6.45, 7) is -6.86. The number of rotatable bonds is 11. The van der Waals surface area contributed by atoms with Crippen molar-refractivity contribution in [2.24, 2.45) is 5.92 Å². The molecule has 1 aromatic heterocycles. The smallest absolute Gasteiger partial charge is 0.387 e. The number of halogens is 5. The predicted octanol–water partition coefficient (Wildman–Crippen LogP) is 5.57. The van der Waals surface area contributed by atoms with Gasteiger partial charge < -0.3 is 28.5 Å². The first-order chi connectivity index (χ1) is 17.6. The van der Waals surface area contributed by atoms with Gasteiger partial charge in [-0.05, 0) is 31.0 Å². The van der Waals surface area contributed by atoms with Crippen LogP contribution >= 0.6 is 11.6 Å². The van der Waals surface area contributed by atoms with Crippen LogP contribution in [0, 0.1) is 5.92 Å². The van der Waals surface area contributed by atoms with Gasteiger partial charge in [0.15, 0.2) is 22.5 Å². The van der Waals surface area contributed by atoms with Crippen molar-refractivity contribution in [2.75, 3.05) is 13.2 Å². The fourth-order valence-electron chi connectivity index (χ4n) is 3.77. The van der Waals surface area contributed by atoms with E-state index >= 15 is 0 Å². The lowest BCUT2D eigenvalue weighted by atomic mass is 9.82. The first kappa shape index (κ1) is 26.6. The summed E-state index contributed by atoms with van der Waals surface area (Å²) in [5.74, 6) is -3.18. The molecule has 0 amide bonds. The molecular formula is C24H19ClF4O8. The second-order valence-corrected chi connectivity index (χ2v) is 8.40. The van der Waals surface area contributed by atoms with E-state index in [-0.39, 0.29) is 52.4 Å². The minimum Gasteiger partial charge on any atom is -0.490 e. The monoisotopic (exact) mass is 546 g/mol. The first-order valence-electron chi connectivity index (χ1n) is 10.9. The van der Waals surface area contributed by atoms with Gasteiger partial charge in [-0.3, -0.25) is 9.59 Å². The van der Waals surface area contributed by atoms with E-state index < -0.39 is 42.0 Å². The number of para-hydroxylation sites is 1. The molecule has 2 aromatic carbocycles. The molecule has 0 unspecified atom stereocenters. The van der Waals surface area contributed by atoms with E-state index in [2.05, 4.69) is 9.47 Å². The fourth-order valence-corrected chi connectivity index (χ4v) is 3.99. The second kappa shape index (κ2) is 11.3. The van der Waals surface area contributed by atoms with Gasteiger partial charge in [0.25, 0.3) is 0 Å². The third kappa shape index (κ3) is 6.25. The molecule has 1 aliphatic carbocycles. The number of carboxylic acids is 1. The number of hydrogen-bond acceptors (Lipinski definition) is 7. The van der Waals surface area contributed by atoms with Gasteiger partial charge >= 0.3 is 19.2 Å². The van der Waals surface area contributed by atoms with Crippen molar-refractivity contribution < 1.29 is 50.8 Å². The van der Waals surface area contributed by atoms with Gasteiger partial charge in [0.05, 0.1) is 34.6 Å². The van der Waals surface area contributed by atoms with Crippen molar-refractivity contribution in [3.8, 4) is 28.6 Å². The van der Waals surface area contributed by atoms with Crippen molar-refractivity contribution in [1.29, 1.82) is 0 Å². The van der Waals surface area contributed by atoms with Gasteiger partial charge in [0.2, 0.25) is 0 Å². The van der Waals surface area contributed by atoms with Crippen LogP contribution in [0.15, 0.2) is 45.6 Å². The molecule has 1 saturated carbocycles.